The summed E-state index contributed by atoms with van der Waals surface area (Å²) in [5, 5.41) is 21.7. The summed E-state index contributed by atoms with van der Waals surface area (Å²) < 4.78 is 16.7. The van der Waals surface area contributed by atoms with Crippen molar-refractivity contribution in [3.05, 3.63) is 22.3 Å². The summed E-state index contributed by atoms with van der Waals surface area (Å²) in [5.41, 5.74) is -0.128. The predicted octanol–water partition coefficient (Wildman–Crippen LogP) is 4.35. The number of hydrogen-bond acceptors (Lipinski definition) is 7. The minimum Gasteiger partial charge on any atom is -0.495 e. The lowest BCUT2D eigenvalue weighted by Gasteiger charge is -2.61. The number of aliphatic hydroxyl groups excluding tert-OH is 1. The molecule has 0 amide bonds. The summed E-state index contributed by atoms with van der Waals surface area (Å²) in [4.78, 5) is 24.4. The smallest absolute Gasteiger partial charge is 0.345 e. The molecule has 33 heavy (non-hydrogen) atoms. The summed E-state index contributed by atoms with van der Waals surface area (Å²) in [7, 11) is 1.42. The third-order valence-corrected chi connectivity index (χ3v) is 8.86. The molecule has 7 nitrogen and oxygen atoms in total. The molecule has 1 aliphatic heterocycles. The Morgan fingerprint density at radius 3 is 2.48 bits per heavy atom. The van der Waals surface area contributed by atoms with E-state index in [0.29, 0.717) is 24.2 Å². The molecule has 2 fully saturated rings. The second-order valence-electron chi connectivity index (χ2n) is 11.2. The van der Waals surface area contributed by atoms with Crippen molar-refractivity contribution in [2.45, 2.75) is 78.6 Å². The molecule has 0 saturated heterocycles. The van der Waals surface area contributed by atoms with Crippen molar-refractivity contribution in [3.8, 4) is 11.5 Å². The number of aldehydes is 1. The zero-order chi connectivity index (χ0) is 24.3. The van der Waals surface area contributed by atoms with Crippen LogP contribution in [0.2, 0.25) is 0 Å². The minimum absolute atomic E-state index is 0.0580. The number of methoxy groups -OCH3 is 1. The highest BCUT2D eigenvalue weighted by molar-refractivity contribution is 6.02. The normalized spacial score (nSPS) is 34.8. The first-order valence-electron chi connectivity index (χ1n) is 11.8. The molecule has 0 aromatic heterocycles. The maximum atomic E-state index is 12.3. The zero-order valence-corrected chi connectivity index (χ0v) is 20.5. The number of hydrogen-bond donors (Lipinski definition) is 2. The summed E-state index contributed by atoms with van der Waals surface area (Å²) in [6.07, 6.45) is 3.99. The molecule has 1 aromatic rings. The van der Waals surface area contributed by atoms with Crippen LogP contribution in [-0.2, 0) is 4.74 Å². The molecule has 7 heteroatoms. The van der Waals surface area contributed by atoms with Gasteiger partial charge in [-0.25, -0.2) is 4.79 Å². The zero-order valence-electron chi connectivity index (χ0n) is 20.5. The maximum Gasteiger partial charge on any atom is 0.345 e. The van der Waals surface area contributed by atoms with E-state index >= 15 is 0 Å². The molecule has 182 valence electrons. The molecule has 4 rings (SSSR count). The molecule has 1 unspecified atom stereocenters. The van der Waals surface area contributed by atoms with Crippen molar-refractivity contribution >= 4 is 12.3 Å². The van der Waals surface area contributed by atoms with Crippen LogP contribution in [0.25, 0.3) is 0 Å². The Kier molecular flexibility index (Phi) is 5.81. The first-order valence-corrected chi connectivity index (χ1v) is 11.8. The molecular formula is C26H36O7. The average molecular weight is 461 g/mol. The van der Waals surface area contributed by atoms with Crippen LogP contribution in [0, 0.1) is 29.6 Å². The Bertz CT molecular complexity index is 980. The number of aliphatic hydroxyl groups is 2. The van der Waals surface area contributed by atoms with Gasteiger partial charge >= 0.3 is 5.97 Å². The van der Waals surface area contributed by atoms with Gasteiger partial charge in [0.1, 0.15) is 17.1 Å². The molecule has 0 bridgehead atoms. The van der Waals surface area contributed by atoms with Gasteiger partial charge in [0.15, 0.2) is 6.29 Å². The number of carbonyl (C=O) groups is 2. The predicted molar refractivity (Wildman–Crippen MR) is 122 cm³/mol. The van der Waals surface area contributed by atoms with E-state index in [9.17, 15) is 19.8 Å². The summed E-state index contributed by atoms with van der Waals surface area (Å²) >= 11 is 0. The van der Waals surface area contributed by atoms with Gasteiger partial charge in [-0.05, 0) is 56.3 Å². The molecular weight excluding hydrogens is 424 g/mol. The molecule has 2 aliphatic carbocycles. The number of ether oxygens (including phenoxy) is 3. The fourth-order valence-electron chi connectivity index (χ4n) is 7.27. The van der Waals surface area contributed by atoms with E-state index in [2.05, 4.69) is 20.8 Å². The molecule has 0 spiro atoms. The summed E-state index contributed by atoms with van der Waals surface area (Å²) in [6.45, 7) is 10.7. The maximum absolute atomic E-state index is 12.3. The second-order valence-corrected chi connectivity index (χ2v) is 11.2. The van der Waals surface area contributed by atoms with Crippen molar-refractivity contribution in [2.24, 2.45) is 22.7 Å². The van der Waals surface area contributed by atoms with Crippen LogP contribution in [-0.4, -0.2) is 41.8 Å². The number of esters is 1. The first-order chi connectivity index (χ1) is 15.4. The van der Waals surface area contributed by atoms with Crippen molar-refractivity contribution in [1.29, 1.82) is 0 Å². The Morgan fingerprint density at radius 2 is 1.85 bits per heavy atom. The SMILES string of the molecule is COc1c(C)c(OC[C@@H]2[C@@]3(C)CCCC(C)(C)[C@@H]3CC[C@@]2(C)O)c(C=O)c2c1C(=O)OC2O. The van der Waals surface area contributed by atoms with Crippen LogP contribution in [0.3, 0.4) is 0 Å². The van der Waals surface area contributed by atoms with Crippen molar-refractivity contribution < 1.29 is 34.0 Å². The number of benzene rings is 1. The Labute approximate surface area is 195 Å². The van der Waals surface area contributed by atoms with Crippen LogP contribution >= 0.6 is 0 Å². The lowest BCUT2D eigenvalue weighted by molar-refractivity contribution is -0.176. The van der Waals surface area contributed by atoms with Gasteiger partial charge in [0.2, 0.25) is 6.29 Å². The van der Waals surface area contributed by atoms with Gasteiger partial charge < -0.3 is 24.4 Å². The third-order valence-electron chi connectivity index (χ3n) is 8.86. The van der Waals surface area contributed by atoms with E-state index in [1.807, 2.05) is 6.92 Å². The van der Waals surface area contributed by atoms with Gasteiger partial charge in [-0.1, -0.05) is 27.2 Å². The number of cyclic esters (lactones) is 1. The number of rotatable bonds is 5. The van der Waals surface area contributed by atoms with Crippen LogP contribution in [0.15, 0.2) is 0 Å². The Morgan fingerprint density at radius 1 is 1.15 bits per heavy atom. The van der Waals surface area contributed by atoms with Crippen molar-refractivity contribution in [3.63, 3.8) is 0 Å². The number of fused-ring (bicyclic) bond motifs is 2. The van der Waals surface area contributed by atoms with Crippen LogP contribution in [0.5, 0.6) is 11.5 Å². The largest absolute Gasteiger partial charge is 0.495 e. The standard InChI is InChI=1S/C26H36O7/c1-14-20(15(12-27)18-19(21(14)31-6)23(29)33-22(18)28)32-13-17-25(4)10-7-9-24(2,3)16(25)8-11-26(17,5)30/h12,16-17,22,28,30H,7-11,13H2,1-6H3/t16-,17+,22?,25-,26+/m0/s1. The van der Waals surface area contributed by atoms with E-state index in [4.69, 9.17) is 14.2 Å². The lowest BCUT2D eigenvalue weighted by Crippen LogP contribution is -2.59. The highest BCUT2D eigenvalue weighted by Gasteiger charge is 2.58. The van der Waals surface area contributed by atoms with E-state index in [-0.39, 0.29) is 51.5 Å². The molecule has 2 N–H and O–H groups in total. The summed E-state index contributed by atoms with van der Waals surface area (Å²) in [6, 6.07) is 0. The molecule has 3 aliphatic rings. The van der Waals surface area contributed by atoms with Gasteiger partial charge in [0.05, 0.1) is 30.4 Å². The van der Waals surface area contributed by atoms with E-state index in [0.717, 1.165) is 19.3 Å². The van der Waals surface area contributed by atoms with Crippen molar-refractivity contribution in [1.82, 2.24) is 0 Å². The van der Waals surface area contributed by atoms with Crippen molar-refractivity contribution in [2.75, 3.05) is 13.7 Å². The second kappa shape index (κ2) is 7.98. The van der Waals surface area contributed by atoms with E-state index in [1.165, 1.54) is 13.5 Å². The van der Waals surface area contributed by atoms with Gasteiger partial charge in [-0.2, -0.15) is 0 Å². The molecule has 1 aromatic carbocycles. The monoisotopic (exact) mass is 460 g/mol. The molecule has 1 heterocycles. The van der Waals surface area contributed by atoms with E-state index < -0.39 is 17.9 Å². The summed E-state index contributed by atoms with van der Waals surface area (Å²) in [5.74, 6) is 0.0629. The number of carbonyl (C=O) groups excluding carboxylic acids is 2. The van der Waals surface area contributed by atoms with Gasteiger partial charge in [0.25, 0.3) is 0 Å². The average Bonchev–Trinajstić information content (AvgIpc) is 3.00. The minimum atomic E-state index is -1.55. The van der Waals surface area contributed by atoms with Gasteiger partial charge in [0, 0.05) is 11.5 Å². The highest BCUT2D eigenvalue weighted by Crippen LogP contribution is 2.62. The fourth-order valence-corrected chi connectivity index (χ4v) is 7.27. The fraction of sp³-hybridized carbons (Fsp3) is 0.692. The Hall–Kier alpha value is -2.12. The highest BCUT2D eigenvalue weighted by atomic mass is 16.6. The van der Waals surface area contributed by atoms with Gasteiger partial charge in [-0.15, -0.1) is 0 Å². The quantitative estimate of drug-likeness (QED) is 0.497. The van der Waals surface area contributed by atoms with Gasteiger partial charge in [-0.3, -0.25) is 4.79 Å². The third kappa shape index (κ3) is 3.55. The lowest BCUT2D eigenvalue weighted by atomic mass is 9.46. The van der Waals surface area contributed by atoms with Crippen LogP contribution in [0.4, 0.5) is 0 Å². The van der Waals surface area contributed by atoms with Crippen LogP contribution in [0.1, 0.15) is 97.9 Å². The molecule has 5 atom stereocenters. The topological polar surface area (TPSA) is 102 Å². The first kappa shape index (κ1) is 24.0. The Balaban J connectivity index is 1.75. The molecule has 2 saturated carbocycles. The van der Waals surface area contributed by atoms with E-state index in [1.54, 1.807) is 6.92 Å². The molecule has 0 radical (unpaired) electrons. The van der Waals surface area contributed by atoms with Crippen LogP contribution < -0.4 is 9.47 Å².